The van der Waals surface area contributed by atoms with E-state index in [9.17, 15) is 13.2 Å². The van der Waals surface area contributed by atoms with Crippen LogP contribution in [0.15, 0.2) is 6.20 Å². The SMILES string of the molecule is FC(F)(F)c1cnc(Cl)nc1NC1CCOCC1. The van der Waals surface area contributed by atoms with Crippen molar-refractivity contribution in [2.75, 3.05) is 18.5 Å². The van der Waals surface area contributed by atoms with Gasteiger partial charge in [0.1, 0.15) is 11.4 Å². The van der Waals surface area contributed by atoms with Gasteiger partial charge in [-0.25, -0.2) is 9.97 Å². The fourth-order valence-electron chi connectivity index (χ4n) is 1.71. The highest BCUT2D eigenvalue weighted by Crippen LogP contribution is 2.34. The van der Waals surface area contributed by atoms with E-state index in [4.69, 9.17) is 16.3 Å². The van der Waals surface area contributed by atoms with Crippen molar-refractivity contribution >= 4 is 17.4 Å². The van der Waals surface area contributed by atoms with Gasteiger partial charge in [0, 0.05) is 25.5 Å². The number of rotatable bonds is 2. The molecule has 0 unspecified atom stereocenters. The van der Waals surface area contributed by atoms with Gasteiger partial charge in [0.25, 0.3) is 0 Å². The van der Waals surface area contributed by atoms with Crippen LogP contribution in [0.3, 0.4) is 0 Å². The maximum Gasteiger partial charge on any atom is 0.421 e. The summed E-state index contributed by atoms with van der Waals surface area (Å²) in [4.78, 5) is 6.99. The van der Waals surface area contributed by atoms with Crippen molar-refractivity contribution in [2.24, 2.45) is 0 Å². The summed E-state index contributed by atoms with van der Waals surface area (Å²) in [6.07, 6.45) is -2.53. The van der Waals surface area contributed by atoms with E-state index in [-0.39, 0.29) is 17.1 Å². The van der Waals surface area contributed by atoms with Crippen molar-refractivity contribution in [1.82, 2.24) is 9.97 Å². The quantitative estimate of drug-likeness (QED) is 0.847. The summed E-state index contributed by atoms with van der Waals surface area (Å²) in [6.45, 7) is 1.05. The van der Waals surface area contributed by atoms with E-state index in [0.717, 1.165) is 0 Å². The number of ether oxygens (including phenoxy) is 1. The van der Waals surface area contributed by atoms with Gasteiger partial charge in [0.2, 0.25) is 5.28 Å². The smallest absolute Gasteiger partial charge is 0.381 e. The molecule has 2 heterocycles. The molecule has 0 saturated carbocycles. The minimum atomic E-state index is -4.50. The third-order valence-electron chi connectivity index (χ3n) is 2.63. The summed E-state index contributed by atoms with van der Waals surface area (Å²) in [5.41, 5.74) is -0.904. The molecule has 2 rings (SSSR count). The lowest BCUT2D eigenvalue weighted by atomic mass is 10.1. The Hall–Kier alpha value is -1.08. The van der Waals surface area contributed by atoms with Crippen LogP contribution in [-0.2, 0) is 10.9 Å². The topological polar surface area (TPSA) is 47.0 Å². The average Bonchev–Trinajstić information content (AvgIpc) is 2.28. The number of hydrogen-bond donors (Lipinski definition) is 1. The lowest BCUT2D eigenvalue weighted by molar-refractivity contribution is -0.137. The zero-order valence-corrected chi connectivity index (χ0v) is 10.1. The molecule has 8 heteroatoms. The van der Waals surface area contributed by atoms with Crippen molar-refractivity contribution in [2.45, 2.75) is 25.1 Å². The van der Waals surface area contributed by atoms with Gasteiger partial charge in [-0.3, -0.25) is 0 Å². The Kier molecular flexibility index (Phi) is 3.91. The number of halogens is 4. The van der Waals surface area contributed by atoms with Crippen molar-refractivity contribution < 1.29 is 17.9 Å². The second kappa shape index (κ2) is 5.27. The predicted octanol–water partition coefficient (Wildman–Crippen LogP) is 2.74. The summed E-state index contributed by atoms with van der Waals surface area (Å²) < 4.78 is 43.4. The molecule has 0 atom stereocenters. The van der Waals surface area contributed by atoms with E-state index in [1.165, 1.54) is 0 Å². The lowest BCUT2D eigenvalue weighted by Gasteiger charge is -2.24. The molecule has 0 radical (unpaired) electrons. The van der Waals surface area contributed by atoms with Crippen LogP contribution in [0.1, 0.15) is 18.4 Å². The third-order valence-corrected chi connectivity index (χ3v) is 2.81. The van der Waals surface area contributed by atoms with Crippen LogP contribution in [0.25, 0.3) is 0 Å². The normalized spacial score (nSPS) is 17.8. The lowest BCUT2D eigenvalue weighted by Crippen LogP contribution is -2.29. The molecular weight excluding hydrogens is 271 g/mol. The monoisotopic (exact) mass is 281 g/mol. The van der Waals surface area contributed by atoms with E-state index in [0.29, 0.717) is 32.3 Å². The maximum absolute atomic E-state index is 12.7. The van der Waals surface area contributed by atoms with Crippen LogP contribution in [-0.4, -0.2) is 29.2 Å². The van der Waals surface area contributed by atoms with Gasteiger partial charge in [-0.05, 0) is 24.4 Å². The molecule has 18 heavy (non-hydrogen) atoms. The molecule has 1 aromatic rings. The summed E-state index contributed by atoms with van der Waals surface area (Å²) >= 11 is 5.53. The van der Waals surface area contributed by atoms with E-state index < -0.39 is 11.7 Å². The maximum atomic E-state index is 12.7. The fraction of sp³-hybridized carbons (Fsp3) is 0.600. The van der Waals surface area contributed by atoms with E-state index in [2.05, 4.69) is 15.3 Å². The Bertz CT molecular complexity index is 421. The molecule has 1 saturated heterocycles. The first kappa shape index (κ1) is 13.4. The fourth-order valence-corrected chi connectivity index (χ4v) is 1.85. The van der Waals surface area contributed by atoms with E-state index in [1.807, 2.05) is 0 Å². The molecule has 1 N–H and O–H groups in total. The van der Waals surface area contributed by atoms with Crippen molar-refractivity contribution in [1.29, 1.82) is 0 Å². The number of anilines is 1. The van der Waals surface area contributed by atoms with Gasteiger partial charge >= 0.3 is 6.18 Å². The summed E-state index contributed by atoms with van der Waals surface area (Å²) in [7, 11) is 0. The van der Waals surface area contributed by atoms with Crippen molar-refractivity contribution in [3.8, 4) is 0 Å². The molecule has 1 aromatic heterocycles. The highest BCUT2D eigenvalue weighted by Gasteiger charge is 2.35. The number of nitrogens with one attached hydrogen (secondary N) is 1. The first-order chi connectivity index (χ1) is 8.47. The molecule has 0 aromatic carbocycles. The molecule has 4 nitrogen and oxygen atoms in total. The zero-order valence-electron chi connectivity index (χ0n) is 9.30. The minimum Gasteiger partial charge on any atom is -0.381 e. The molecule has 0 amide bonds. The number of alkyl halides is 3. The minimum absolute atomic E-state index is 0.0918. The van der Waals surface area contributed by atoms with Crippen LogP contribution < -0.4 is 5.32 Å². The second-order valence-electron chi connectivity index (χ2n) is 3.93. The predicted molar refractivity (Wildman–Crippen MR) is 59.5 cm³/mol. The van der Waals surface area contributed by atoms with Gasteiger partial charge in [0.15, 0.2) is 0 Å². The molecule has 0 spiro atoms. The molecular formula is C10H11ClF3N3O. The largest absolute Gasteiger partial charge is 0.421 e. The van der Waals surface area contributed by atoms with Crippen LogP contribution in [0.2, 0.25) is 5.28 Å². The molecule has 100 valence electrons. The number of nitrogens with zero attached hydrogens (tertiary/aromatic N) is 2. The Morgan fingerprint density at radius 3 is 2.61 bits per heavy atom. The molecule has 1 aliphatic rings. The van der Waals surface area contributed by atoms with Crippen LogP contribution >= 0.6 is 11.6 Å². The van der Waals surface area contributed by atoms with Crippen LogP contribution in [0.5, 0.6) is 0 Å². The highest BCUT2D eigenvalue weighted by atomic mass is 35.5. The third kappa shape index (κ3) is 3.23. The number of aromatic nitrogens is 2. The van der Waals surface area contributed by atoms with Gasteiger partial charge < -0.3 is 10.1 Å². The first-order valence-electron chi connectivity index (χ1n) is 5.41. The Morgan fingerprint density at radius 2 is 2.00 bits per heavy atom. The summed E-state index contributed by atoms with van der Waals surface area (Å²) in [5, 5.41) is 2.55. The Morgan fingerprint density at radius 1 is 1.33 bits per heavy atom. The van der Waals surface area contributed by atoms with Crippen LogP contribution in [0, 0.1) is 0 Å². The van der Waals surface area contributed by atoms with Crippen molar-refractivity contribution in [3.05, 3.63) is 17.0 Å². The van der Waals surface area contributed by atoms with Gasteiger partial charge in [-0.2, -0.15) is 13.2 Å². The van der Waals surface area contributed by atoms with Gasteiger partial charge in [-0.1, -0.05) is 0 Å². The van der Waals surface area contributed by atoms with Crippen LogP contribution in [0.4, 0.5) is 19.0 Å². The second-order valence-corrected chi connectivity index (χ2v) is 4.27. The first-order valence-corrected chi connectivity index (χ1v) is 5.78. The average molecular weight is 282 g/mol. The summed E-state index contributed by atoms with van der Waals surface area (Å²) in [6, 6.07) is -0.0918. The summed E-state index contributed by atoms with van der Waals surface area (Å²) in [5.74, 6) is -0.269. The van der Waals surface area contributed by atoms with E-state index >= 15 is 0 Å². The Balaban J connectivity index is 2.21. The van der Waals surface area contributed by atoms with Crippen molar-refractivity contribution in [3.63, 3.8) is 0 Å². The standard InChI is InChI=1S/C10H11ClF3N3O/c11-9-15-5-7(10(12,13)14)8(17-9)16-6-1-3-18-4-2-6/h5-6H,1-4H2,(H,15,16,17). The van der Waals surface area contributed by atoms with Gasteiger partial charge in [0.05, 0.1) is 0 Å². The van der Waals surface area contributed by atoms with E-state index in [1.54, 1.807) is 0 Å². The molecule has 1 fully saturated rings. The molecule has 0 aliphatic carbocycles. The molecule has 1 aliphatic heterocycles. The molecule has 0 bridgehead atoms. The van der Waals surface area contributed by atoms with Gasteiger partial charge in [-0.15, -0.1) is 0 Å². The number of hydrogen-bond acceptors (Lipinski definition) is 4. The highest BCUT2D eigenvalue weighted by molar-refractivity contribution is 6.28. The Labute approximate surface area is 107 Å². The zero-order chi connectivity index (χ0) is 13.2.